The van der Waals surface area contributed by atoms with Crippen LogP contribution < -0.4 is 5.32 Å². The van der Waals surface area contributed by atoms with Crippen molar-refractivity contribution < 1.29 is 19.8 Å². The van der Waals surface area contributed by atoms with Crippen LogP contribution in [0, 0.1) is 6.92 Å². The van der Waals surface area contributed by atoms with Crippen molar-refractivity contribution in [2.75, 3.05) is 0 Å². The summed E-state index contributed by atoms with van der Waals surface area (Å²) in [5.74, 6) is -2.15. The number of carboxylic acids is 1. The average Bonchev–Trinajstić information content (AvgIpc) is 2.90. The molecule has 0 aliphatic rings. The van der Waals surface area contributed by atoms with Gasteiger partial charge in [0.2, 0.25) is 0 Å². The van der Waals surface area contributed by atoms with Gasteiger partial charge in [-0.3, -0.25) is 14.6 Å². The van der Waals surface area contributed by atoms with Gasteiger partial charge in [0.1, 0.15) is 6.04 Å². The average molecular weight is 331 g/mol. The van der Waals surface area contributed by atoms with Gasteiger partial charge >= 0.3 is 5.97 Å². The molecule has 1 amide bonds. The van der Waals surface area contributed by atoms with Gasteiger partial charge in [0.15, 0.2) is 11.4 Å². The highest BCUT2D eigenvalue weighted by Crippen LogP contribution is 2.40. The first-order valence-electron chi connectivity index (χ1n) is 6.80. The number of rotatable bonds is 3. The van der Waals surface area contributed by atoms with Crippen molar-refractivity contribution in [2.24, 2.45) is 0 Å². The number of nitrogens with one attached hydrogen (secondary N) is 1. The Bertz CT molecular complexity index is 951. The molecule has 8 heteroatoms. The Hall–Kier alpha value is -2.74. The molecule has 0 fully saturated rings. The topological polar surface area (TPSA) is 112 Å². The SMILES string of the molecule is Cc1nc(C(=O)N[C@@H](C)C(=O)O)c(O)c2sc3cccnc3c12. The number of aromatic nitrogens is 2. The third-order valence-electron chi connectivity index (χ3n) is 3.46. The lowest BCUT2D eigenvalue weighted by Crippen LogP contribution is -2.38. The molecule has 3 aromatic heterocycles. The monoisotopic (exact) mass is 331 g/mol. The summed E-state index contributed by atoms with van der Waals surface area (Å²) in [4.78, 5) is 31.5. The van der Waals surface area contributed by atoms with E-state index in [4.69, 9.17) is 5.11 Å². The van der Waals surface area contributed by atoms with Crippen molar-refractivity contribution in [2.45, 2.75) is 19.9 Å². The minimum Gasteiger partial charge on any atom is -0.504 e. The van der Waals surface area contributed by atoms with E-state index in [2.05, 4.69) is 15.3 Å². The van der Waals surface area contributed by atoms with E-state index in [1.54, 1.807) is 19.2 Å². The molecule has 0 aromatic carbocycles. The van der Waals surface area contributed by atoms with Crippen LogP contribution in [0.3, 0.4) is 0 Å². The number of aryl methyl sites for hydroxylation is 1. The number of aromatic hydroxyl groups is 1. The zero-order chi connectivity index (χ0) is 16.7. The van der Waals surface area contributed by atoms with E-state index in [0.717, 1.165) is 10.2 Å². The summed E-state index contributed by atoms with van der Waals surface area (Å²) in [5, 5.41) is 22.3. The number of hydrogen-bond donors (Lipinski definition) is 3. The summed E-state index contributed by atoms with van der Waals surface area (Å²) < 4.78 is 1.39. The molecule has 3 heterocycles. The maximum absolute atomic E-state index is 12.2. The summed E-state index contributed by atoms with van der Waals surface area (Å²) in [6.07, 6.45) is 1.65. The lowest BCUT2D eigenvalue weighted by molar-refractivity contribution is -0.138. The van der Waals surface area contributed by atoms with E-state index in [9.17, 15) is 14.7 Å². The second kappa shape index (κ2) is 5.47. The fourth-order valence-electron chi connectivity index (χ4n) is 2.30. The maximum Gasteiger partial charge on any atom is 0.325 e. The number of nitrogens with zero attached hydrogens (tertiary/aromatic N) is 2. The van der Waals surface area contributed by atoms with Crippen LogP contribution in [0.4, 0.5) is 0 Å². The molecule has 7 nitrogen and oxygen atoms in total. The Labute approximate surface area is 134 Å². The summed E-state index contributed by atoms with van der Waals surface area (Å²) in [5.41, 5.74) is 1.09. The second-order valence-electron chi connectivity index (χ2n) is 5.08. The Morgan fingerprint density at radius 1 is 1.39 bits per heavy atom. The number of pyridine rings is 2. The maximum atomic E-state index is 12.2. The van der Waals surface area contributed by atoms with Crippen molar-refractivity contribution in [1.29, 1.82) is 0 Å². The number of carbonyl (C=O) groups is 2. The Balaban J connectivity index is 2.16. The van der Waals surface area contributed by atoms with Gasteiger partial charge in [-0.25, -0.2) is 4.98 Å². The van der Waals surface area contributed by atoms with Crippen molar-refractivity contribution in [3.8, 4) is 5.75 Å². The quantitative estimate of drug-likeness (QED) is 0.677. The third-order valence-corrected chi connectivity index (χ3v) is 4.61. The molecule has 0 radical (unpaired) electrons. The highest BCUT2D eigenvalue weighted by molar-refractivity contribution is 7.26. The van der Waals surface area contributed by atoms with Crippen LogP contribution in [0.5, 0.6) is 5.75 Å². The van der Waals surface area contributed by atoms with Crippen molar-refractivity contribution in [1.82, 2.24) is 15.3 Å². The number of hydrogen-bond acceptors (Lipinski definition) is 6. The van der Waals surface area contributed by atoms with Crippen LogP contribution in [0.1, 0.15) is 23.1 Å². The Kier molecular flexibility index (Phi) is 3.61. The van der Waals surface area contributed by atoms with Crippen molar-refractivity contribution in [3.63, 3.8) is 0 Å². The van der Waals surface area contributed by atoms with Crippen LogP contribution in [0.15, 0.2) is 18.3 Å². The van der Waals surface area contributed by atoms with Crippen LogP contribution >= 0.6 is 11.3 Å². The molecule has 3 rings (SSSR count). The molecule has 0 bridgehead atoms. The van der Waals surface area contributed by atoms with Crippen LogP contribution in [-0.2, 0) is 4.79 Å². The van der Waals surface area contributed by atoms with Gasteiger partial charge in [-0.15, -0.1) is 11.3 Å². The smallest absolute Gasteiger partial charge is 0.325 e. The molecule has 0 saturated heterocycles. The minimum absolute atomic E-state index is 0.186. The van der Waals surface area contributed by atoms with Gasteiger partial charge in [-0.2, -0.15) is 0 Å². The lowest BCUT2D eigenvalue weighted by Gasteiger charge is -2.11. The van der Waals surface area contributed by atoms with E-state index in [1.807, 2.05) is 6.07 Å². The standard InChI is InChI=1S/C15H13N3O4S/c1-6-9-10-8(4-3-5-16-10)23-13(9)12(19)11(17-6)14(20)18-7(2)15(21)22/h3-5,7,19H,1-2H3,(H,18,20)(H,21,22)/t7-/m0/s1. The van der Waals surface area contributed by atoms with Crippen LogP contribution in [-0.4, -0.2) is 38.1 Å². The zero-order valence-corrected chi connectivity index (χ0v) is 13.1. The molecule has 23 heavy (non-hydrogen) atoms. The minimum atomic E-state index is -1.17. The van der Waals surface area contributed by atoms with E-state index >= 15 is 0 Å². The van der Waals surface area contributed by atoms with Gasteiger partial charge in [0.05, 0.1) is 14.9 Å². The fraction of sp³-hybridized carbons (Fsp3) is 0.200. The highest BCUT2D eigenvalue weighted by atomic mass is 32.1. The first-order valence-corrected chi connectivity index (χ1v) is 7.62. The second-order valence-corrected chi connectivity index (χ2v) is 6.14. The predicted molar refractivity (Wildman–Crippen MR) is 85.9 cm³/mol. The van der Waals surface area contributed by atoms with E-state index < -0.39 is 17.9 Å². The summed E-state index contributed by atoms with van der Waals surface area (Å²) in [7, 11) is 0. The molecule has 3 aromatic rings. The van der Waals surface area contributed by atoms with Crippen molar-refractivity contribution in [3.05, 3.63) is 29.7 Å². The Morgan fingerprint density at radius 3 is 2.83 bits per heavy atom. The first kappa shape index (κ1) is 15.2. The van der Waals surface area contributed by atoms with E-state index in [0.29, 0.717) is 15.8 Å². The van der Waals surface area contributed by atoms with E-state index in [-0.39, 0.29) is 11.4 Å². The number of carbonyl (C=O) groups excluding carboxylic acids is 1. The molecule has 0 spiro atoms. The van der Waals surface area contributed by atoms with Gasteiger partial charge in [-0.05, 0) is 26.0 Å². The molecule has 118 valence electrons. The number of thiophene rings is 1. The first-order chi connectivity index (χ1) is 10.9. The van der Waals surface area contributed by atoms with Gasteiger partial charge in [0, 0.05) is 17.3 Å². The van der Waals surface area contributed by atoms with Gasteiger partial charge in [0.25, 0.3) is 5.91 Å². The third kappa shape index (κ3) is 2.46. The van der Waals surface area contributed by atoms with Gasteiger partial charge < -0.3 is 15.5 Å². The molecule has 0 saturated carbocycles. The normalized spacial score (nSPS) is 12.4. The fourth-order valence-corrected chi connectivity index (χ4v) is 3.46. The largest absolute Gasteiger partial charge is 0.504 e. The lowest BCUT2D eigenvalue weighted by atomic mass is 10.1. The molecule has 0 aliphatic heterocycles. The number of aliphatic carboxylic acids is 1. The predicted octanol–water partition coefficient (Wildman–Crippen LogP) is 2.06. The summed E-state index contributed by atoms with van der Waals surface area (Å²) in [6, 6.07) is 2.58. The number of amides is 1. The molecular formula is C15H13N3O4S. The molecule has 0 unspecified atom stereocenters. The molecule has 0 aliphatic carbocycles. The van der Waals surface area contributed by atoms with Crippen LogP contribution in [0.25, 0.3) is 20.3 Å². The number of fused-ring (bicyclic) bond motifs is 3. The summed E-state index contributed by atoms with van der Waals surface area (Å²) in [6.45, 7) is 3.06. The van der Waals surface area contributed by atoms with E-state index in [1.165, 1.54) is 18.3 Å². The highest BCUT2D eigenvalue weighted by Gasteiger charge is 2.23. The van der Waals surface area contributed by atoms with Gasteiger partial charge in [-0.1, -0.05) is 0 Å². The zero-order valence-electron chi connectivity index (χ0n) is 12.3. The molecule has 3 N–H and O–H groups in total. The van der Waals surface area contributed by atoms with Crippen molar-refractivity contribution >= 4 is 43.5 Å². The molecule has 1 atom stereocenters. The molecular weight excluding hydrogens is 318 g/mol. The Morgan fingerprint density at radius 2 is 2.13 bits per heavy atom. The van der Waals surface area contributed by atoms with Crippen LogP contribution in [0.2, 0.25) is 0 Å². The number of carboxylic acid groups (broad SMARTS) is 1. The summed E-state index contributed by atoms with van der Waals surface area (Å²) >= 11 is 1.31.